The van der Waals surface area contributed by atoms with Gasteiger partial charge in [-0.1, -0.05) is 0 Å². The van der Waals surface area contributed by atoms with Crippen molar-refractivity contribution in [2.75, 3.05) is 26.1 Å². The van der Waals surface area contributed by atoms with Crippen LogP contribution in [-0.4, -0.2) is 36.6 Å². The fourth-order valence-electron chi connectivity index (χ4n) is 1.04. The van der Waals surface area contributed by atoms with E-state index in [1.54, 1.807) is 0 Å². The van der Waals surface area contributed by atoms with Gasteiger partial charge in [0.05, 0.1) is 0 Å². The van der Waals surface area contributed by atoms with Crippen LogP contribution in [0.2, 0.25) is 0 Å². The monoisotopic (exact) mass is 144 g/mol. The van der Waals surface area contributed by atoms with E-state index in [0.717, 1.165) is 13.1 Å². The molecule has 1 aliphatic rings. The predicted octanol–water partition coefficient (Wildman–Crippen LogP) is 0.690. The number of piperazine rings is 1. The topological polar surface area (TPSA) is 15.3 Å². The van der Waals surface area contributed by atoms with E-state index in [1.165, 1.54) is 0 Å². The molecule has 10 heavy (non-hydrogen) atoms. The maximum atomic E-state index is 7.77. The molecule has 1 saturated heterocycles. The van der Waals surface area contributed by atoms with Crippen LogP contribution in [0.4, 0.5) is 0 Å². The van der Waals surface area contributed by atoms with Gasteiger partial charge in [-0.25, -0.2) is 0 Å². The van der Waals surface area contributed by atoms with Crippen LogP contribution in [0.5, 0.6) is 0 Å². The molecule has 2 heteroatoms. The summed E-state index contributed by atoms with van der Waals surface area (Å²) in [5, 5.41) is 2.97. The van der Waals surface area contributed by atoms with Crippen LogP contribution in [0.25, 0.3) is 0 Å². The fraction of sp³-hybridized carbons (Fsp3) is 1.00. The van der Waals surface area contributed by atoms with Crippen molar-refractivity contribution in [2.45, 2.75) is 26.3 Å². The summed E-state index contributed by atoms with van der Waals surface area (Å²) >= 11 is 0. The SMILES string of the molecule is [2H]C1NCCN(C(C)(C)C)C1[2H]. The summed E-state index contributed by atoms with van der Waals surface area (Å²) in [5.41, 5.74) is 0.00775. The molecule has 0 bridgehead atoms. The highest BCUT2D eigenvalue weighted by atomic mass is 15.2. The molecule has 0 aromatic heterocycles. The van der Waals surface area contributed by atoms with Gasteiger partial charge in [-0.15, -0.1) is 0 Å². The molecule has 1 fully saturated rings. The lowest BCUT2D eigenvalue weighted by Crippen LogP contribution is -2.51. The zero-order chi connectivity index (χ0) is 9.35. The third-order valence-corrected chi connectivity index (χ3v) is 1.73. The van der Waals surface area contributed by atoms with Gasteiger partial charge in [0.2, 0.25) is 0 Å². The molecule has 0 amide bonds. The van der Waals surface area contributed by atoms with E-state index < -0.39 is 13.0 Å². The molecule has 0 saturated carbocycles. The molecular weight excluding hydrogens is 124 g/mol. The summed E-state index contributed by atoms with van der Waals surface area (Å²) in [5.74, 6) is 0. The lowest BCUT2D eigenvalue weighted by molar-refractivity contribution is 0.119. The molecule has 0 aliphatic carbocycles. The zero-order valence-electron chi connectivity index (χ0n) is 9.02. The number of rotatable bonds is 0. The minimum absolute atomic E-state index is 0.00775. The summed E-state index contributed by atoms with van der Waals surface area (Å²) in [6.07, 6.45) is 0. The molecular formula is C8H18N2. The first-order valence-electron chi connectivity index (χ1n) is 4.93. The van der Waals surface area contributed by atoms with Crippen molar-refractivity contribution in [3.8, 4) is 0 Å². The summed E-state index contributed by atoms with van der Waals surface area (Å²) in [6, 6.07) is 0. The number of hydrogen-bond acceptors (Lipinski definition) is 2. The van der Waals surface area contributed by atoms with E-state index in [2.05, 4.69) is 31.0 Å². The fourth-order valence-corrected chi connectivity index (χ4v) is 1.04. The predicted molar refractivity (Wildman–Crippen MR) is 44.2 cm³/mol. The van der Waals surface area contributed by atoms with Crippen molar-refractivity contribution in [1.29, 1.82) is 0 Å². The normalized spacial score (nSPS) is 40.7. The van der Waals surface area contributed by atoms with Crippen LogP contribution in [0, 0.1) is 0 Å². The van der Waals surface area contributed by atoms with E-state index in [9.17, 15) is 0 Å². The molecule has 0 aromatic rings. The smallest absolute Gasteiger partial charge is 0.0444 e. The summed E-state index contributed by atoms with van der Waals surface area (Å²) in [4.78, 5) is 2.06. The molecule has 1 aliphatic heterocycles. The van der Waals surface area contributed by atoms with Crippen molar-refractivity contribution < 1.29 is 2.74 Å². The molecule has 1 N–H and O–H groups in total. The maximum Gasteiger partial charge on any atom is 0.0444 e. The second-order valence-electron chi connectivity index (χ2n) is 3.63. The highest BCUT2D eigenvalue weighted by Crippen LogP contribution is 2.12. The molecule has 2 atom stereocenters. The van der Waals surface area contributed by atoms with E-state index in [0.29, 0.717) is 0 Å². The highest BCUT2D eigenvalue weighted by molar-refractivity contribution is 4.79. The van der Waals surface area contributed by atoms with E-state index in [1.807, 2.05) is 0 Å². The first kappa shape index (κ1) is 5.56. The molecule has 0 radical (unpaired) electrons. The molecule has 2 unspecified atom stereocenters. The number of hydrogen-bond donors (Lipinski definition) is 1. The summed E-state index contributed by atoms with van der Waals surface area (Å²) < 4.78 is 15.3. The Hall–Kier alpha value is -0.0800. The van der Waals surface area contributed by atoms with Crippen LogP contribution in [0.1, 0.15) is 23.5 Å². The van der Waals surface area contributed by atoms with E-state index in [4.69, 9.17) is 2.74 Å². The number of nitrogens with zero attached hydrogens (tertiary/aromatic N) is 1. The van der Waals surface area contributed by atoms with Gasteiger partial charge in [0, 0.05) is 34.4 Å². The number of nitrogens with one attached hydrogen (secondary N) is 1. The Morgan fingerprint density at radius 1 is 1.50 bits per heavy atom. The Balaban J connectivity index is 2.64. The standard InChI is InChI=1S/C8H18N2/c1-8(2,3)10-6-4-9-5-7-10/h9H,4-7H2,1-3H3/i4D,6D. The molecule has 60 valence electrons. The minimum atomic E-state index is -0.460. The van der Waals surface area contributed by atoms with Gasteiger partial charge in [-0.2, -0.15) is 0 Å². The quantitative estimate of drug-likeness (QED) is 0.538. The lowest BCUT2D eigenvalue weighted by atomic mass is 10.1. The lowest BCUT2D eigenvalue weighted by Gasteiger charge is -2.38. The average Bonchev–Trinajstić information content (AvgIpc) is 1.92. The molecule has 0 spiro atoms. The van der Waals surface area contributed by atoms with Crippen LogP contribution >= 0.6 is 0 Å². The van der Waals surface area contributed by atoms with Crippen LogP contribution in [0.3, 0.4) is 0 Å². The van der Waals surface area contributed by atoms with E-state index >= 15 is 0 Å². The first-order valence-corrected chi connectivity index (χ1v) is 3.77. The largest absolute Gasteiger partial charge is 0.314 e. The van der Waals surface area contributed by atoms with Gasteiger partial charge in [0.25, 0.3) is 0 Å². The minimum Gasteiger partial charge on any atom is -0.314 e. The zero-order valence-corrected chi connectivity index (χ0v) is 7.02. The van der Waals surface area contributed by atoms with Crippen molar-refractivity contribution in [3.05, 3.63) is 0 Å². The summed E-state index contributed by atoms with van der Waals surface area (Å²) in [7, 11) is 0. The third kappa shape index (κ3) is 1.96. The Bertz CT molecular complexity index is 156. The second-order valence-corrected chi connectivity index (χ2v) is 3.63. The van der Waals surface area contributed by atoms with Crippen LogP contribution < -0.4 is 5.32 Å². The van der Waals surface area contributed by atoms with Gasteiger partial charge < -0.3 is 5.32 Å². The van der Waals surface area contributed by atoms with Crippen molar-refractivity contribution in [3.63, 3.8) is 0 Å². The van der Waals surface area contributed by atoms with Gasteiger partial charge in [0.15, 0.2) is 0 Å². The van der Waals surface area contributed by atoms with Crippen LogP contribution in [-0.2, 0) is 0 Å². The Morgan fingerprint density at radius 2 is 2.20 bits per heavy atom. The molecule has 0 aromatic carbocycles. The third-order valence-electron chi connectivity index (χ3n) is 1.73. The Labute approximate surface area is 66.4 Å². The van der Waals surface area contributed by atoms with Crippen LogP contribution in [0.15, 0.2) is 0 Å². The molecule has 1 rings (SSSR count). The first-order chi connectivity index (χ1) is 5.43. The highest BCUT2D eigenvalue weighted by Gasteiger charge is 2.21. The molecule has 1 heterocycles. The molecule has 2 nitrogen and oxygen atoms in total. The van der Waals surface area contributed by atoms with Crippen molar-refractivity contribution in [2.24, 2.45) is 0 Å². The summed E-state index contributed by atoms with van der Waals surface area (Å²) in [6.45, 7) is 7.07. The van der Waals surface area contributed by atoms with Gasteiger partial charge in [-0.05, 0) is 20.8 Å². The van der Waals surface area contributed by atoms with Gasteiger partial charge >= 0.3 is 0 Å². The van der Waals surface area contributed by atoms with Crippen molar-refractivity contribution >= 4 is 0 Å². The maximum absolute atomic E-state index is 7.77. The van der Waals surface area contributed by atoms with Gasteiger partial charge in [-0.3, -0.25) is 4.90 Å². The average molecular weight is 144 g/mol. The van der Waals surface area contributed by atoms with Gasteiger partial charge in [0.1, 0.15) is 0 Å². The Kier molecular flexibility index (Phi) is 1.60. The Morgan fingerprint density at radius 3 is 2.70 bits per heavy atom. The van der Waals surface area contributed by atoms with E-state index in [-0.39, 0.29) is 5.54 Å². The second kappa shape index (κ2) is 2.89. The van der Waals surface area contributed by atoms with Crippen molar-refractivity contribution in [1.82, 2.24) is 10.2 Å².